The zero-order valence-corrected chi connectivity index (χ0v) is 18.1. The van der Waals surface area contributed by atoms with E-state index in [1.165, 1.54) is 32.4 Å². The monoisotopic (exact) mass is 463 g/mol. The minimum atomic E-state index is -0.397. The molecule has 0 spiro atoms. The summed E-state index contributed by atoms with van der Waals surface area (Å²) in [5.74, 6) is 0. The molecule has 2 heterocycles. The third kappa shape index (κ3) is 3.04. The summed E-state index contributed by atoms with van der Waals surface area (Å²) in [6.45, 7) is 0. The Bertz CT molecular complexity index is 1090. The summed E-state index contributed by atoms with van der Waals surface area (Å²) < 4.78 is 5.29. The van der Waals surface area contributed by atoms with Gasteiger partial charge in [0.1, 0.15) is 0 Å². The molecule has 0 bridgehead atoms. The molecule has 2 nitrogen and oxygen atoms in total. The van der Waals surface area contributed by atoms with Gasteiger partial charge in [-0.05, 0) is 0 Å². The Morgan fingerprint density at radius 2 is 1.84 bits per heavy atom. The van der Waals surface area contributed by atoms with Crippen molar-refractivity contribution in [2.45, 2.75) is 0 Å². The third-order valence-electron chi connectivity index (χ3n) is 4.49. The molecule has 1 aromatic heterocycles. The summed E-state index contributed by atoms with van der Waals surface area (Å²) in [4.78, 5) is 3.56. The first-order valence-corrected chi connectivity index (χ1v) is 11.5. The van der Waals surface area contributed by atoms with Crippen LogP contribution in [0.3, 0.4) is 0 Å². The van der Waals surface area contributed by atoms with Gasteiger partial charge in [-0.15, -0.1) is 0 Å². The van der Waals surface area contributed by atoms with Crippen LogP contribution in [0.2, 0.25) is 0 Å². The third-order valence-corrected chi connectivity index (χ3v) is 8.56. The summed E-state index contributed by atoms with van der Waals surface area (Å²) in [7, 11) is 8.47. The van der Waals surface area contributed by atoms with Gasteiger partial charge in [0.2, 0.25) is 0 Å². The Kier molecular flexibility index (Phi) is 4.45. The molecule has 4 rings (SSSR count). The van der Waals surface area contributed by atoms with Gasteiger partial charge in [0.25, 0.3) is 0 Å². The Labute approximate surface area is 162 Å². The van der Waals surface area contributed by atoms with Gasteiger partial charge in [-0.25, -0.2) is 0 Å². The Hall–Kier alpha value is -1.60. The number of nitrogens with zero attached hydrogens (tertiary/aromatic N) is 2. The number of anilines is 1. The maximum absolute atomic E-state index is 2.40. The molecular weight excluding hydrogens is 440 g/mol. The van der Waals surface area contributed by atoms with Crippen LogP contribution in [0.4, 0.5) is 5.69 Å². The number of benzene rings is 2. The van der Waals surface area contributed by atoms with Crippen LogP contribution in [0.15, 0.2) is 53.9 Å². The molecule has 0 unspecified atom stereocenters. The maximum atomic E-state index is 2.40. The zero-order valence-electron chi connectivity index (χ0n) is 14.9. The normalized spacial score (nSPS) is 11.2. The summed E-state index contributed by atoms with van der Waals surface area (Å²) in [5.41, 5.74) is 4.13. The molecule has 1 aliphatic carbocycles. The van der Waals surface area contributed by atoms with E-state index < -0.39 is 20.4 Å². The first-order chi connectivity index (χ1) is 12.0. The molecule has 1 aromatic carbocycles. The van der Waals surface area contributed by atoms with E-state index in [9.17, 15) is 0 Å². The molecule has 25 heavy (non-hydrogen) atoms. The van der Waals surface area contributed by atoms with Gasteiger partial charge in [-0.2, -0.15) is 0 Å². The van der Waals surface area contributed by atoms with Crippen LogP contribution in [-0.2, 0) is 0 Å². The predicted octanol–water partition coefficient (Wildman–Crippen LogP) is 3.83. The summed E-state index contributed by atoms with van der Waals surface area (Å²) in [6, 6.07) is 18.4. The van der Waals surface area contributed by atoms with E-state index in [0.717, 1.165) is 0 Å². The Morgan fingerprint density at radius 1 is 1.00 bits per heavy atom. The van der Waals surface area contributed by atoms with Crippen molar-refractivity contribution in [3.63, 3.8) is 0 Å². The Balaban J connectivity index is 2.15. The van der Waals surface area contributed by atoms with E-state index in [4.69, 9.17) is 0 Å². The first kappa shape index (κ1) is 16.8. The van der Waals surface area contributed by atoms with Crippen molar-refractivity contribution in [1.29, 1.82) is 0 Å². The summed E-state index contributed by atoms with van der Waals surface area (Å²) >= 11 is 1.44. The SMILES string of the molecule is CN(C)c1ccc2c(-c3cccs3)c3ccc(=[N+](C)C)cc-3[te]c2c1. The predicted molar refractivity (Wildman–Crippen MR) is 112 cm³/mol. The molecular formula is C21H21N2STe+. The van der Waals surface area contributed by atoms with E-state index >= 15 is 0 Å². The van der Waals surface area contributed by atoms with Crippen LogP contribution >= 0.6 is 11.3 Å². The van der Waals surface area contributed by atoms with Gasteiger partial charge in [0, 0.05) is 0 Å². The second-order valence-corrected chi connectivity index (χ2v) is 10.6. The second kappa shape index (κ2) is 6.61. The number of fused-ring (bicyclic) bond motifs is 2. The van der Waals surface area contributed by atoms with Gasteiger partial charge in [0.05, 0.1) is 0 Å². The van der Waals surface area contributed by atoms with Gasteiger partial charge < -0.3 is 0 Å². The van der Waals surface area contributed by atoms with Crippen molar-refractivity contribution in [3.05, 3.63) is 59.3 Å². The molecule has 126 valence electrons. The van der Waals surface area contributed by atoms with Crippen molar-refractivity contribution in [3.8, 4) is 19.6 Å². The fourth-order valence-corrected chi connectivity index (χ4v) is 7.21. The van der Waals surface area contributed by atoms with E-state index in [2.05, 4.69) is 91.6 Å². The van der Waals surface area contributed by atoms with Crippen molar-refractivity contribution in [2.75, 3.05) is 33.1 Å². The van der Waals surface area contributed by atoms with Crippen molar-refractivity contribution >= 4 is 46.2 Å². The van der Waals surface area contributed by atoms with Gasteiger partial charge in [-0.1, -0.05) is 0 Å². The first-order valence-electron chi connectivity index (χ1n) is 8.27. The van der Waals surface area contributed by atoms with E-state index in [1.54, 1.807) is 6.98 Å². The number of hydrogen-bond donors (Lipinski definition) is 0. The molecule has 0 atom stereocenters. The molecule has 1 aliphatic heterocycles. The molecule has 0 fully saturated rings. The average molecular weight is 461 g/mol. The zero-order chi connectivity index (χ0) is 17.6. The standard InChI is InChI=1S/C21H21N2STe/c1-22(2)14-7-9-16-19(12-14)25-20-13-15(23(3)4)8-10-17(20)21(16)18-6-5-11-24-18/h5-13H,1-4H3/q+1. The topological polar surface area (TPSA) is 6.25 Å². The summed E-state index contributed by atoms with van der Waals surface area (Å²) in [6.07, 6.45) is 0. The molecule has 0 radical (unpaired) electrons. The quantitative estimate of drug-likeness (QED) is 0.250. The molecule has 0 N–H and O–H groups in total. The molecule has 2 aliphatic rings. The van der Waals surface area contributed by atoms with E-state index in [-0.39, 0.29) is 0 Å². The van der Waals surface area contributed by atoms with E-state index in [1.807, 2.05) is 11.3 Å². The van der Waals surface area contributed by atoms with Crippen LogP contribution in [0.1, 0.15) is 0 Å². The van der Waals surface area contributed by atoms with Crippen LogP contribution < -0.4 is 14.8 Å². The average Bonchev–Trinajstić information content (AvgIpc) is 3.12. The fourth-order valence-electron chi connectivity index (χ4n) is 3.11. The summed E-state index contributed by atoms with van der Waals surface area (Å²) in [5, 5.41) is 4.90. The van der Waals surface area contributed by atoms with Crippen LogP contribution in [0, 0.1) is 0 Å². The second-order valence-electron chi connectivity index (χ2n) is 6.60. The molecule has 0 saturated carbocycles. The van der Waals surface area contributed by atoms with Crippen molar-refractivity contribution in [1.82, 2.24) is 4.58 Å². The Morgan fingerprint density at radius 3 is 2.52 bits per heavy atom. The number of thiophene rings is 1. The molecule has 0 amide bonds. The molecule has 2 aromatic rings. The fraction of sp³-hybridized carbons (Fsp3) is 0.190. The van der Waals surface area contributed by atoms with Crippen LogP contribution in [0.5, 0.6) is 0 Å². The van der Waals surface area contributed by atoms with Gasteiger partial charge in [0.15, 0.2) is 0 Å². The van der Waals surface area contributed by atoms with Crippen LogP contribution in [0.25, 0.3) is 28.4 Å². The van der Waals surface area contributed by atoms with Gasteiger partial charge >= 0.3 is 163 Å². The van der Waals surface area contributed by atoms with Crippen molar-refractivity contribution < 1.29 is 0 Å². The minimum absolute atomic E-state index is 0.397. The van der Waals surface area contributed by atoms with Crippen LogP contribution in [-0.4, -0.2) is 48.6 Å². The van der Waals surface area contributed by atoms with Gasteiger partial charge in [-0.3, -0.25) is 0 Å². The number of rotatable bonds is 2. The molecule has 0 saturated heterocycles. The number of hydrogen-bond acceptors (Lipinski definition) is 2. The van der Waals surface area contributed by atoms with E-state index in [0.29, 0.717) is 0 Å². The van der Waals surface area contributed by atoms with Crippen molar-refractivity contribution in [2.24, 2.45) is 0 Å². The molecule has 4 heteroatoms.